The fraction of sp³-hybridized carbons (Fsp3) is 0.464. The molecule has 1 aromatic carbocycles. The van der Waals surface area contributed by atoms with E-state index in [0.717, 1.165) is 35.9 Å². The van der Waals surface area contributed by atoms with Gasteiger partial charge in [-0.05, 0) is 76.9 Å². The lowest BCUT2D eigenvalue weighted by molar-refractivity contribution is -0.172. The number of hydrogen-bond acceptors (Lipinski definition) is 6. The fourth-order valence-electron chi connectivity index (χ4n) is 5.34. The first kappa shape index (κ1) is 24.6. The number of halogens is 1. The Balaban J connectivity index is 1.70. The van der Waals surface area contributed by atoms with E-state index in [-0.39, 0.29) is 30.0 Å². The van der Waals surface area contributed by atoms with E-state index in [1.165, 1.54) is 6.07 Å². The Morgan fingerprint density at radius 2 is 2.00 bits per heavy atom. The van der Waals surface area contributed by atoms with Crippen LogP contribution in [-0.4, -0.2) is 45.2 Å². The molecule has 0 radical (unpaired) electrons. The number of nitrogens with zero attached hydrogens (tertiary/aromatic N) is 3. The van der Waals surface area contributed by atoms with Crippen LogP contribution in [0.4, 0.5) is 4.39 Å². The van der Waals surface area contributed by atoms with Gasteiger partial charge in [-0.1, -0.05) is 6.92 Å². The van der Waals surface area contributed by atoms with Gasteiger partial charge in [0.25, 0.3) is 5.56 Å². The van der Waals surface area contributed by atoms with Gasteiger partial charge in [-0.2, -0.15) is 0 Å². The van der Waals surface area contributed by atoms with Crippen LogP contribution in [0.1, 0.15) is 61.4 Å². The smallest absolute Gasteiger partial charge is 0.343 e. The van der Waals surface area contributed by atoms with E-state index in [2.05, 4.69) is 25.8 Å². The number of hydrogen-bond donors (Lipinski definition) is 1. The van der Waals surface area contributed by atoms with Crippen molar-refractivity contribution in [3.05, 3.63) is 62.2 Å². The number of rotatable bonds is 6. The van der Waals surface area contributed by atoms with Gasteiger partial charge >= 0.3 is 5.97 Å². The molecule has 0 saturated heterocycles. The molecule has 3 aromatic rings. The molecule has 0 fully saturated rings. The van der Waals surface area contributed by atoms with Gasteiger partial charge in [0.05, 0.1) is 29.0 Å². The molecule has 0 unspecified atom stereocenters. The number of fused-ring (bicyclic) bond motifs is 5. The van der Waals surface area contributed by atoms with Crippen LogP contribution in [-0.2, 0) is 34.7 Å². The maximum atomic E-state index is 14.6. The highest BCUT2D eigenvalue weighted by Gasteiger charge is 2.45. The van der Waals surface area contributed by atoms with Gasteiger partial charge in [-0.3, -0.25) is 4.79 Å². The molecule has 190 valence electrons. The van der Waals surface area contributed by atoms with Gasteiger partial charge in [0.1, 0.15) is 12.4 Å². The summed E-state index contributed by atoms with van der Waals surface area (Å²) in [5, 5.41) is 12.0. The van der Waals surface area contributed by atoms with E-state index >= 15 is 0 Å². The second kappa shape index (κ2) is 8.78. The van der Waals surface area contributed by atoms with Gasteiger partial charge in [-0.15, -0.1) is 0 Å². The minimum atomic E-state index is -1.88. The minimum Gasteiger partial charge on any atom is -0.458 e. The molecule has 1 N–H and O–H groups in total. The minimum absolute atomic E-state index is 0.0822. The Morgan fingerprint density at radius 1 is 1.25 bits per heavy atom. The second-order valence-corrected chi connectivity index (χ2v) is 10.3. The van der Waals surface area contributed by atoms with E-state index in [9.17, 15) is 19.1 Å². The van der Waals surface area contributed by atoms with Crippen molar-refractivity contribution < 1.29 is 19.0 Å². The number of ether oxygens (including phenoxy) is 1. The van der Waals surface area contributed by atoms with Crippen molar-refractivity contribution in [1.82, 2.24) is 14.5 Å². The van der Waals surface area contributed by atoms with Crippen molar-refractivity contribution >= 4 is 16.9 Å². The van der Waals surface area contributed by atoms with E-state index in [1.54, 1.807) is 24.5 Å². The lowest BCUT2D eigenvalue weighted by Crippen LogP contribution is -2.44. The Labute approximate surface area is 209 Å². The molecule has 7 nitrogen and oxygen atoms in total. The Hall–Kier alpha value is -3.10. The maximum Gasteiger partial charge on any atom is 0.343 e. The number of cyclic esters (lactones) is 1. The quantitative estimate of drug-likeness (QED) is 0.412. The summed E-state index contributed by atoms with van der Waals surface area (Å²) < 4.78 is 21.4. The molecular weight excluding hydrogens is 461 g/mol. The van der Waals surface area contributed by atoms with E-state index in [0.29, 0.717) is 40.6 Å². The lowest BCUT2D eigenvalue weighted by atomic mass is 9.86. The van der Waals surface area contributed by atoms with Crippen LogP contribution in [0.3, 0.4) is 0 Å². The van der Waals surface area contributed by atoms with Gasteiger partial charge in [0.2, 0.25) is 0 Å². The molecule has 5 rings (SSSR count). The molecule has 0 spiro atoms. The molecule has 0 aliphatic carbocycles. The number of benzene rings is 1. The predicted molar refractivity (Wildman–Crippen MR) is 135 cm³/mol. The number of esters is 1. The van der Waals surface area contributed by atoms with Crippen LogP contribution >= 0.6 is 0 Å². The molecule has 1 atom stereocenters. The van der Waals surface area contributed by atoms with Crippen LogP contribution < -0.4 is 5.56 Å². The van der Waals surface area contributed by atoms with Crippen molar-refractivity contribution in [3.63, 3.8) is 0 Å². The van der Waals surface area contributed by atoms with Crippen molar-refractivity contribution in [2.24, 2.45) is 0 Å². The first-order valence-electron chi connectivity index (χ1n) is 12.6. The number of aromatic nitrogens is 2. The molecular formula is C28H32FN3O4. The fourth-order valence-corrected chi connectivity index (χ4v) is 5.34. The van der Waals surface area contributed by atoms with E-state index in [4.69, 9.17) is 9.72 Å². The molecule has 2 aromatic heterocycles. The highest BCUT2D eigenvalue weighted by Crippen LogP contribution is 2.40. The Morgan fingerprint density at radius 3 is 2.69 bits per heavy atom. The highest BCUT2D eigenvalue weighted by molar-refractivity contribution is 5.89. The third-order valence-corrected chi connectivity index (χ3v) is 7.91. The van der Waals surface area contributed by atoms with Crippen LogP contribution in [0, 0.1) is 12.7 Å². The molecule has 0 saturated carbocycles. The summed E-state index contributed by atoms with van der Waals surface area (Å²) in [6.45, 7) is 8.81. The zero-order valence-electron chi connectivity index (χ0n) is 21.4. The third-order valence-electron chi connectivity index (χ3n) is 7.91. The first-order chi connectivity index (χ1) is 17.1. The van der Waals surface area contributed by atoms with Crippen molar-refractivity contribution in [2.75, 3.05) is 13.6 Å². The summed E-state index contributed by atoms with van der Waals surface area (Å²) in [7, 11) is 2.09. The number of carbonyl (C=O) groups excluding carboxylic acids is 1. The standard InChI is InChI=1S/C28H32FN3O4/c1-6-28(35)21-11-24-25-19(13-32(24)26(33)20(21)14-36-27(28)34)17(8-7-9-31(5)15(2)3)18-10-16(4)22(29)12-23(18)30-25/h10-12,15,35H,6-9,13-14H2,1-5H3/t28-/m0/s1. The van der Waals surface area contributed by atoms with Crippen molar-refractivity contribution in [2.45, 2.75) is 71.8 Å². The van der Waals surface area contributed by atoms with Crippen LogP contribution in [0.2, 0.25) is 0 Å². The van der Waals surface area contributed by atoms with Crippen LogP contribution in [0.15, 0.2) is 23.0 Å². The van der Waals surface area contributed by atoms with E-state index in [1.807, 2.05) is 6.07 Å². The number of pyridine rings is 2. The zero-order valence-corrected chi connectivity index (χ0v) is 21.4. The van der Waals surface area contributed by atoms with Crippen LogP contribution in [0.25, 0.3) is 22.3 Å². The summed E-state index contributed by atoms with van der Waals surface area (Å²) in [4.78, 5) is 33.1. The van der Waals surface area contributed by atoms with Gasteiger partial charge in [0.15, 0.2) is 5.60 Å². The summed E-state index contributed by atoms with van der Waals surface area (Å²) in [5.74, 6) is -1.08. The number of carbonyl (C=O) groups is 1. The van der Waals surface area contributed by atoms with Gasteiger partial charge in [-0.25, -0.2) is 14.2 Å². The SMILES string of the molecule is CC[C@@]1(O)C(=O)OCc2c1cc1n(c2=O)Cc2c-1nc1cc(F)c(C)cc1c2CCCN(C)C(C)C. The Kier molecular flexibility index (Phi) is 6.00. The summed E-state index contributed by atoms with van der Waals surface area (Å²) >= 11 is 0. The molecule has 8 heteroatoms. The lowest BCUT2D eigenvalue weighted by Gasteiger charge is -2.31. The molecule has 0 bridgehead atoms. The summed E-state index contributed by atoms with van der Waals surface area (Å²) in [5.41, 5.74) is 2.64. The van der Waals surface area contributed by atoms with Gasteiger partial charge < -0.3 is 19.3 Å². The van der Waals surface area contributed by atoms with Crippen molar-refractivity contribution in [3.8, 4) is 11.4 Å². The highest BCUT2D eigenvalue weighted by atomic mass is 19.1. The monoisotopic (exact) mass is 493 g/mol. The van der Waals surface area contributed by atoms with Gasteiger partial charge in [0, 0.05) is 28.6 Å². The molecule has 2 aliphatic heterocycles. The number of aliphatic hydroxyl groups is 1. The molecule has 0 amide bonds. The van der Waals surface area contributed by atoms with Crippen molar-refractivity contribution in [1.29, 1.82) is 0 Å². The maximum absolute atomic E-state index is 14.6. The number of aryl methyl sites for hydroxylation is 2. The third kappa shape index (κ3) is 3.66. The second-order valence-electron chi connectivity index (χ2n) is 10.3. The molecule has 2 aliphatic rings. The van der Waals surface area contributed by atoms with Crippen LogP contribution in [0.5, 0.6) is 0 Å². The first-order valence-corrected chi connectivity index (χ1v) is 12.6. The largest absolute Gasteiger partial charge is 0.458 e. The average Bonchev–Trinajstić information content (AvgIpc) is 3.21. The summed E-state index contributed by atoms with van der Waals surface area (Å²) in [6.07, 6.45) is 1.74. The molecule has 36 heavy (non-hydrogen) atoms. The normalized spacial score (nSPS) is 18.5. The topological polar surface area (TPSA) is 84.7 Å². The zero-order chi connectivity index (χ0) is 25.9. The summed E-state index contributed by atoms with van der Waals surface area (Å²) in [6, 6.07) is 5.43. The predicted octanol–water partition coefficient (Wildman–Crippen LogP) is 3.80. The Bertz CT molecular complexity index is 1460. The average molecular weight is 494 g/mol. The van der Waals surface area contributed by atoms with E-state index < -0.39 is 11.6 Å². The molecule has 4 heterocycles.